The summed E-state index contributed by atoms with van der Waals surface area (Å²) in [5.41, 5.74) is 5.88. The van der Waals surface area contributed by atoms with Gasteiger partial charge in [-0.2, -0.15) is 15.0 Å². The lowest BCUT2D eigenvalue weighted by Crippen LogP contribution is -2.45. The van der Waals surface area contributed by atoms with Crippen LogP contribution < -0.4 is 15.4 Å². The zero-order valence-electron chi connectivity index (χ0n) is 14.1. The summed E-state index contributed by atoms with van der Waals surface area (Å²) in [5, 5.41) is 1.01. The fraction of sp³-hybridized carbons (Fsp3) is 0.438. The Balaban J connectivity index is 1.79. The number of nitrogens with zero attached hydrogens (tertiary/aromatic N) is 5. The molecule has 25 heavy (non-hydrogen) atoms. The number of piperazine rings is 1. The highest BCUT2D eigenvalue weighted by Crippen LogP contribution is 2.28. The molecular weight excluding hydrogens is 363 g/mol. The first-order valence-corrected chi connectivity index (χ1v) is 8.74. The average Bonchev–Trinajstić information content (AvgIpc) is 2.54. The van der Waals surface area contributed by atoms with Crippen LogP contribution in [0.3, 0.4) is 0 Å². The van der Waals surface area contributed by atoms with Gasteiger partial charge in [-0.3, -0.25) is 0 Å². The standard InChI is InChI=1S/C16H20Cl2N6O/c1-10(25-13-8-11(17)7-12(18)9-13)14-20-15(19)22-16(21-14)24-5-3-23(2)4-6-24/h7-10H,3-6H2,1-2H3,(H2,19,20,21,22). The number of nitrogens with two attached hydrogens (primary N) is 1. The molecule has 1 aromatic heterocycles. The van der Waals surface area contributed by atoms with Crippen LogP contribution in [-0.2, 0) is 0 Å². The molecule has 1 fully saturated rings. The van der Waals surface area contributed by atoms with Crippen molar-refractivity contribution >= 4 is 35.1 Å². The second kappa shape index (κ2) is 7.59. The molecule has 1 atom stereocenters. The first kappa shape index (κ1) is 18.0. The van der Waals surface area contributed by atoms with Gasteiger partial charge in [0.2, 0.25) is 11.9 Å². The first-order valence-electron chi connectivity index (χ1n) is 7.98. The highest BCUT2D eigenvalue weighted by atomic mass is 35.5. The van der Waals surface area contributed by atoms with Gasteiger partial charge in [0.25, 0.3) is 0 Å². The number of benzene rings is 1. The number of likely N-dealkylation sites (N-methyl/N-ethyl adjacent to an activating group) is 1. The Labute approximate surface area is 156 Å². The second-order valence-corrected chi connectivity index (χ2v) is 6.88. The van der Waals surface area contributed by atoms with Gasteiger partial charge in [0.05, 0.1) is 0 Å². The first-order chi connectivity index (χ1) is 11.9. The Kier molecular flexibility index (Phi) is 5.46. The Morgan fingerprint density at radius 1 is 1.04 bits per heavy atom. The van der Waals surface area contributed by atoms with Gasteiger partial charge in [-0.1, -0.05) is 23.2 Å². The van der Waals surface area contributed by atoms with Crippen molar-refractivity contribution < 1.29 is 4.74 Å². The third-order valence-electron chi connectivity index (χ3n) is 3.96. The molecule has 0 aliphatic carbocycles. The molecule has 2 heterocycles. The number of hydrogen-bond acceptors (Lipinski definition) is 7. The molecule has 7 nitrogen and oxygen atoms in total. The van der Waals surface area contributed by atoms with Gasteiger partial charge in [0.15, 0.2) is 11.9 Å². The Morgan fingerprint density at radius 2 is 1.68 bits per heavy atom. The Morgan fingerprint density at radius 3 is 2.32 bits per heavy atom. The van der Waals surface area contributed by atoms with Gasteiger partial charge in [-0.15, -0.1) is 0 Å². The van der Waals surface area contributed by atoms with E-state index in [9.17, 15) is 0 Å². The van der Waals surface area contributed by atoms with E-state index in [-0.39, 0.29) is 5.95 Å². The molecule has 0 bridgehead atoms. The van der Waals surface area contributed by atoms with Crippen molar-refractivity contribution in [1.29, 1.82) is 0 Å². The largest absolute Gasteiger partial charge is 0.483 e. The molecular formula is C16H20Cl2N6O. The highest BCUT2D eigenvalue weighted by molar-refractivity contribution is 6.34. The maximum atomic E-state index is 6.01. The number of anilines is 2. The molecule has 2 aromatic rings. The predicted molar refractivity (Wildman–Crippen MR) is 99.5 cm³/mol. The van der Waals surface area contributed by atoms with Crippen LogP contribution in [0.25, 0.3) is 0 Å². The van der Waals surface area contributed by atoms with Gasteiger partial charge < -0.3 is 20.3 Å². The molecule has 1 aliphatic heterocycles. The highest BCUT2D eigenvalue weighted by Gasteiger charge is 2.20. The van der Waals surface area contributed by atoms with Crippen LogP contribution in [0.2, 0.25) is 10.0 Å². The Hall–Kier alpha value is -1.83. The molecule has 0 amide bonds. The molecule has 0 spiro atoms. The van der Waals surface area contributed by atoms with Crippen LogP contribution in [0.15, 0.2) is 18.2 Å². The summed E-state index contributed by atoms with van der Waals surface area (Å²) in [4.78, 5) is 17.4. The van der Waals surface area contributed by atoms with Crippen LogP contribution in [0, 0.1) is 0 Å². The summed E-state index contributed by atoms with van der Waals surface area (Å²) < 4.78 is 5.87. The van der Waals surface area contributed by atoms with E-state index in [1.54, 1.807) is 18.2 Å². The van der Waals surface area contributed by atoms with E-state index in [0.717, 1.165) is 26.2 Å². The van der Waals surface area contributed by atoms with Gasteiger partial charge >= 0.3 is 0 Å². The van der Waals surface area contributed by atoms with Crippen LogP contribution >= 0.6 is 23.2 Å². The quantitative estimate of drug-likeness (QED) is 0.869. The van der Waals surface area contributed by atoms with Crippen molar-refractivity contribution in [3.63, 3.8) is 0 Å². The maximum absolute atomic E-state index is 6.01. The van der Waals surface area contributed by atoms with Crippen LogP contribution in [-0.4, -0.2) is 53.1 Å². The lowest BCUT2D eigenvalue weighted by Gasteiger charge is -2.32. The van der Waals surface area contributed by atoms with Crippen molar-refractivity contribution in [3.8, 4) is 5.75 Å². The van der Waals surface area contributed by atoms with Gasteiger partial charge in [0, 0.05) is 36.2 Å². The van der Waals surface area contributed by atoms with E-state index >= 15 is 0 Å². The summed E-state index contributed by atoms with van der Waals surface area (Å²) in [6, 6.07) is 5.03. The topological polar surface area (TPSA) is 80.4 Å². The molecule has 134 valence electrons. The van der Waals surface area contributed by atoms with E-state index in [1.165, 1.54) is 0 Å². The average molecular weight is 383 g/mol. The molecule has 0 saturated carbocycles. The summed E-state index contributed by atoms with van der Waals surface area (Å²) in [7, 11) is 2.09. The number of rotatable bonds is 4. The van der Waals surface area contributed by atoms with Crippen LogP contribution in [0.5, 0.6) is 5.75 Å². The summed E-state index contributed by atoms with van der Waals surface area (Å²) in [5.74, 6) is 1.77. The zero-order valence-corrected chi connectivity index (χ0v) is 15.6. The lowest BCUT2D eigenvalue weighted by atomic mass is 10.3. The number of ether oxygens (including phenoxy) is 1. The molecule has 2 N–H and O–H groups in total. The number of halogens is 2. The van der Waals surface area contributed by atoms with Gasteiger partial charge in [0.1, 0.15) is 5.75 Å². The SMILES string of the molecule is CC(Oc1cc(Cl)cc(Cl)c1)c1nc(N)nc(N2CCN(C)CC2)n1. The summed E-state index contributed by atoms with van der Waals surface area (Å²) in [6.07, 6.45) is -0.425. The third-order valence-corrected chi connectivity index (χ3v) is 4.39. The second-order valence-electron chi connectivity index (χ2n) is 6.01. The van der Waals surface area contributed by atoms with E-state index in [2.05, 4.69) is 31.8 Å². The maximum Gasteiger partial charge on any atom is 0.230 e. The number of nitrogen functional groups attached to an aromatic ring is 1. The van der Waals surface area contributed by atoms with E-state index in [0.29, 0.717) is 27.6 Å². The molecule has 9 heteroatoms. The zero-order chi connectivity index (χ0) is 18.0. The minimum atomic E-state index is -0.425. The van der Waals surface area contributed by atoms with E-state index in [4.69, 9.17) is 33.7 Å². The molecule has 1 unspecified atom stereocenters. The normalized spacial score (nSPS) is 16.7. The fourth-order valence-electron chi connectivity index (χ4n) is 2.58. The monoisotopic (exact) mass is 382 g/mol. The third kappa shape index (κ3) is 4.62. The van der Waals surface area contributed by atoms with Crippen molar-refractivity contribution in [3.05, 3.63) is 34.1 Å². The van der Waals surface area contributed by atoms with Gasteiger partial charge in [-0.05, 0) is 32.2 Å². The van der Waals surface area contributed by atoms with Crippen molar-refractivity contribution in [2.75, 3.05) is 43.9 Å². The summed E-state index contributed by atoms with van der Waals surface area (Å²) in [6.45, 7) is 5.44. The van der Waals surface area contributed by atoms with Crippen molar-refractivity contribution in [2.24, 2.45) is 0 Å². The molecule has 1 saturated heterocycles. The number of hydrogen-bond donors (Lipinski definition) is 1. The molecule has 1 aliphatic rings. The molecule has 3 rings (SSSR count). The van der Waals surface area contributed by atoms with Crippen molar-refractivity contribution in [2.45, 2.75) is 13.0 Å². The predicted octanol–water partition coefficient (Wildman–Crippen LogP) is 2.65. The van der Waals surface area contributed by atoms with Crippen LogP contribution in [0.1, 0.15) is 18.9 Å². The van der Waals surface area contributed by atoms with Gasteiger partial charge in [-0.25, -0.2) is 0 Å². The number of aromatic nitrogens is 3. The minimum absolute atomic E-state index is 0.179. The smallest absolute Gasteiger partial charge is 0.230 e. The minimum Gasteiger partial charge on any atom is -0.483 e. The van der Waals surface area contributed by atoms with Crippen LogP contribution in [0.4, 0.5) is 11.9 Å². The lowest BCUT2D eigenvalue weighted by molar-refractivity contribution is 0.216. The summed E-state index contributed by atoms with van der Waals surface area (Å²) >= 11 is 12.0. The Bertz CT molecular complexity index is 731. The van der Waals surface area contributed by atoms with E-state index < -0.39 is 6.10 Å². The van der Waals surface area contributed by atoms with E-state index in [1.807, 2.05) is 6.92 Å². The fourth-order valence-corrected chi connectivity index (χ4v) is 3.09. The van der Waals surface area contributed by atoms with Crippen molar-refractivity contribution in [1.82, 2.24) is 19.9 Å². The molecule has 0 radical (unpaired) electrons. The molecule has 1 aromatic carbocycles.